The monoisotopic (exact) mass is 1010 g/mol. The van der Waals surface area contributed by atoms with E-state index in [2.05, 4.69) is 19.2 Å². The molecule has 1 saturated carbocycles. The number of rotatable bonds is 49. The van der Waals surface area contributed by atoms with Gasteiger partial charge in [0.15, 0.2) is 0 Å². The smallest absolute Gasteiger partial charge is 0.393 e. The molecule has 0 aromatic rings. The number of aliphatic hydroxyl groups excluding tert-OH is 7. The van der Waals surface area contributed by atoms with E-state index < -0.39 is 75.2 Å². The molecule has 8 atom stereocenters. The van der Waals surface area contributed by atoms with E-state index >= 15 is 0 Å². The van der Waals surface area contributed by atoms with Crippen molar-refractivity contribution in [3.05, 3.63) is 12.2 Å². The molecule has 0 aromatic carbocycles. The lowest BCUT2D eigenvalue weighted by atomic mass is 9.85. The molecule has 13 nitrogen and oxygen atoms in total. The van der Waals surface area contributed by atoms with Crippen molar-refractivity contribution in [3.63, 3.8) is 0 Å². The minimum Gasteiger partial charge on any atom is -0.393 e. The van der Waals surface area contributed by atoms with Crippen LogP contribution >= 0.6 is 7.82 Å². The fourth-order valence-electron chi connectivity index (χ4n) is 9.48. The van der Waals surface area contributed by atoms with Crippen LogP contribution in [0.15, 0.2) is 12.2 Å². The Hall–Kier alpha value is -0.960. The highest BCUT2D eigenvalue weighted by Crippen LogP contribution is 2.47. The van der Waals surface area contributed by atoms with E-state index in [9.17, 15) is 50.0 Å². The molecule has 0 aliphatic heterocycles. The third kappa shape index (κ3) is 35.8. The number of aliphatic hydroxyl groups is 7. The summed E-state index contributed by atoms with van der Waals surface area (Å²) in [6, 6.07) is -1.24. The fourth-order valence-corrected chi connectivity index (χ4v) is 10.4. The van der Waals surface area contributed by atoms with E-state index in [1.165, 1.54) is 199 Å². The Labute approximate surface area is 421 Å². The third-order valence-electron chi connectivity index (χ3n) is 14.1. The average molecular weight is 1010 g/mol. The summed E-state index contributed by atoms with van der Waals surface area (Å²) in [4.78, 5) is 23.6. The largest absolute Gasteiger partial charge is 0.472 e. The van der Waals surface area contributed by atoms with Crippen molar-refractivity contribution in [1.29, 1.82) is 0 Å². The maximum absolute atomic E-state index is 13.1. The molecule has 69 heavy (non-hydrogen) atoms. The zero-order valence-electron chi connectivity index (χ0n) is 44.0. The van der Waals surface area contributed by atoms with Gasteiger partial charge in [-0.05, 0) is 19.3 Å². The predicted molar refractivity (Wildman–Crippen MR) is 280 cm³/mol. The maximum atomic E-state index is 13.1. The number of carbonyl (C=O) groups is 1. The van der Waals surface area contributed by atoms with Gasteiger partial charge in [-0.15, -0.1) is 0 Å². The van der Waals surface area contributed by atoms with E-state index in [-0.39, 0.29) is 6.42 Å². The van der Waals surface area contributed by atoms with Crippen LogP contribution in [0.1, 0.15) is 271 Å². The molecule has 0 heterocycles. The quantitative estimate of drug-likeness (QED) is 0.0158. The molecule has 1 aliphatic rings. The number of phosphoric acid groups is 1. The molecule has 9 N–H and O–H groups in total. The summed E-state index contributed by atoms with van der Waals surface area (Å²) in [5.74, 6) is -0.586. The Balaban J connectivity index is 2.42. The molecule has 0 aromatic heterocycles. The van der Waals surface area contributed by atoms with Gasteiger partial charge in [-0.2, -0.15) is 0 Å². The van der Waals surface area contributed by atoms with Crippen molar-refractivity contribution in [2.24, 2.45) is 0 Å². The Bertz CT molecular complexity index is 1230. The second-order valence-corrected chi connectivity index (χ2v) is 22.1. The molecule has 0 radical (unpaired) electrons. The summed E-state index contributed by atoms with van der Waals surface area (Å²) >= 11 is 0. The molecule has 14 heteroatoms. The normalized spacial score (nSPS) is 21.9. The van der Waals surface area contributed by atoms with Crippen molar-refractivity contribution in [1.82, 2.24) is 5.32 Å². The van der Waals surface area contributed by atoms with Gasteiger partial charge in [0.2, 0.25) is 5.91 Å². The summed E-state index contributed by atoms with van der Waals surface area (Å²) in [6.07, 6.45) is 37.2. The van der Waals surface area contributed by atoms with Crippen LogP contribution in [0, 0.1) is 0 Å². The molecular weight excluding hydrogens is 898 g/mol. The molecule has 0 bridgehead atoms. The first-order valence-electron chi connectivity index (χ1n) is 28.7. The predicted octanol–water partition coefficient (Wildman–Crippen LogP) is 11.7. The lowest BCUT2D eigenvalue weighted by Gasteiger charge is -2.41. The minimum absolute atomic E-state index is 0.239. The van der Waals surface area contributed by atoms with Gasteiger partial charge >= 0.3 is 7.82 Å². The van der Waals surface area contributed by atoms with Gasteiger partial charge in [0.25, 0.3) is 0 Å². The number of carbonyl (C=O) groups excluding carboxylic acids is 1. The van der Waals surface area contributed by atoms with Crippen molar-refractivity contribution in [3.8, 4) is 0 Å². The number of amides is 1. The highest BCUT2D eigenvalue weighted by atomic mass is 31.2. The standard InChI is InChI=1S/C55H108NO12P/c1-3-5-7-9-11-13-15-17-19-21-23-25-27-29-31-33-35-37-39-41-43-48(58)47(45-67-69(65,66)68-55-53(63)51(61)50(60)52(62)54(55)64)56-49(59)44-46(57)42-40-38-36-34-32-30-28-26-24-22-20-18-16-14-12-10-8-6-4-2/h41,43,46-48,50-55,57-58,60-64H,3-40,42,44-45H2,1-2H3,(H,56,59)(H,65,66)/b43-41+. The summed E-state index contributed by atoms with van der Waals surface area (Å²) in [5, 5.41) is 74.9. The lowest BCUT2D eigenvalue weighted by molar-refractivity contribution is -0.220. The van der Waals surface area contributed by atoms with Gasteiger partial charge in [-0.25, -0.2) is 4.57 Å². The zero-order chi connectivity index (χ0) is 50.8. The Morgan fingerprint density at radius 3 is 1.19 bits per heavy atom. The second kappa shape index (κ2) is 44.5. The fraction of sp³-hybridized carbons (Fsp3) is 0.945. The Kier molecular flexibility index (Phi) is 42.6. The second-order valence-electron chi connectivity index (χ2n) is 20.7. The van der Waals surface area contributed by atoms with Gasteiger partial charge in [-0.1, -0.05) is 257 Å². The Morgan fingerprint density at radius 1 is 0.507 bits per heavy atom. The highest BCUT2D eigenvalue weighted by Gasteiger charge is 2.51. The van der Waals surface area contributed by atoms with Gasteiger partial charge in [0.1, 0.15) is 36.6 Å². The van der Waals surface area contributed by atoms with E-state index in [0.717, 1.165) is 44.9 Å². The van der Waals surface area contributed by atoms with Gasteiger partial charge in [0.05, 0.1) is 31.3 Å². The van der Waals surface area contributed by atoms with Gasteiger partial charge in [-0.3, -0.25) is 13.8 Å². The van der Waals surface area contributed by atoms with Crippen LogP contribution in [0.5, 0.6) is 0 Å². The van der Waals surface area contributed by atoms with Crippen LogP contribution in [0.4, 0.5) is 0 Å². The van der Waals surface area contributed by atoms with E-state index in [0.29, 0.717) is 12.8 Å². The topological polar surface area (TPSA) is 226 Å². The number of hydrogen-bond acceptors (Lipinski definition) is 11. The van der Waals surface area contributed by atoms with Crippen LogP contribution in [0.2, 0.25) is 0 Å². The zero-order valence-corrected chi connectivity index (χ0v) is 44.9. The number of hydrogen-bond donors (Lipinski definition) is 9. The van der Waals surface area contributed by atoms with Crippen LogP contribution < -0.4 is 5.32 Å². The van der Waals surface area contributed by atoms with Crippen molar-refractivity contribution in [2.75, 3.05) is 6.61 Å². The molecule has 0 saturated heterocycles. The Morgan fingerprint density at radius 2 is 0.826 bits per heavy atom. The molecule has 1 fully saturated rings. The first kappa shape index (κ1) is 66.1. The molecule has 410 valence electrons. The summed E-state index contributed by atoms with van der Waals surface area (Å²) in [5.41, 5.74) is 0. The first-order chi connectivity index (χ1) is 33.3. The number of phosphoric ester groups is 1. The van der Waals surface area contributed by atoms with Crippen molar-refractivity contribution in [2.45, 2.75) is 326 Å². The number of nitrogens with one attached hydrogen (secondary N) is 1. The summed E-state index contributed by atoms with van der Waals surface area (Å²) < 4.78 is 23.0. The van der Waals surface area contributed by atoms with E-state index in [1.54, 1.807) is 6.08 Å². The first-order valence-corrected chi connectivity index (χ1v) is 30.2. The van der Waals surface area contributed by atoms with Gasteiger partial charge in [0, 0.05) is 0 Å². The average Bonchev–Trinajstić information content (AvgIpc) is 3.32. The molecule has 1 aliphatic carbocycles. The van der Waals surface area contributed by atoms with E-state index in [4.69, 9.17) is 9.05 Å². The third-order valence-corrected chi connectivity index (χ3v) is 15.1. The summed E-state index contributed by atoms with van der Waals surface area (Å²) in [6.45, 7) is 3.80. The highest BCUT2D eigenvalue weighted by molar-refractivity contribution is 7.47. The molecule has 1 rings (SSSR count). The van der Waals surface area contributed by atoms with E-state index in [1.807, 2.05) is 0 Å². The van der Waals surface area contributed by atoms with Crippen molar-refractivity contribution < 1.29 is 59.0 Å². The number of unbranched alkanes of at least 4 members (excludes halogenated alkanes) is 36. The minimum atomic E-state index is -5.14. The van der Waals surface area contributed by atoms with Crippen LogP contribution in [0.25, 0.3) is 0 Å². The van der Waals surface area contributed by atoms with Gasteiger partial charge < -0.3 is 46.0 Å². The molecule has 0 spiro atoms. The van der Waals surface area contributed by atoms with Crippen LogP contribution in [0.3, 0.4) is 0 Å². The molecular formula is C55H108NO12P. The SMILES string of the molecule is CCCCCCCCCCCCCCCCCCCC/C=C/C(O)C(COP(=O)(O)OC1C(O)C(O)C(O)C(O)C1O)NC(=O)CC(O)CCCCCCCCCCCCCCCCCCCCC. The van der Waals surface area contributed by atoms with Crippen LogP contribution in [-0.2, 0) is 18.4 Å². The maximum Gasteiger partial charge on any atom is 0.472 e. The molecule has 8 unspecified atom stereocenters. The summed E-state index contributed by atoms with van der Waals surface area (Å²) in [7, 11) is -5.14. The molecule has 1 amide bonds. The number of allylic oxidation sites excluding steroid dienone is 1. The van der Waals surface area contributed by atoms with Crippen LogP contribution in [-0.4, -0.2) is 108 Å². The van der Waals surface area contributed by atoms with Crippen molar-refractivity contribution >= 4 is 13.7 Å². The lowest BCUT2D eigenvalue weighted by Crippen LogP contribution is -2.64.